The maximum atomic E-state index is 13.0. The zero-order chi connectivity index (χ0) is 14.5. The quantitative estimate of drug-likeness (QED) is 0.874. The molecule has 20 heavy (non-hydrogen) atoms. The smallest absolute Gasteiger partial charge is 0.123 e. The van der Waals surface area contributed by atoms with Gasteiger partial charge < -0.3 is 5.32 Å². The molecule has 0 saturated carbocycles. The predicted molar refractivity (Wildman–Crippen MR) is 79.1 cm³/mol. The van der Waals surface area contributed by atoms with Gasteiger partial charge in [0.1, 0.15) is 5.82 Å². The first kappa shape index (κ1) is 14.7. The van der Waals surface area contributed by atoms with Gasteiger partial charge in [-0.3, -0.25) is 4.68 Å². The molecule has 0 fully saturated rings. The fraction of sp³-hybridized carbons (Fsp3) is 0.438. The Morgan fingerprint density at radius 1 is 1.25 bits per heavy atom. The third kappa shape index (κ3) is 3.45. The third-order valence-corrected chi connectivity index (χ3v) is 3.74. The molecule has 0 saturated heterocycles. The second kappa shape index (κ2) is 6.66. The number of likely N-dealkylation sites (N-methyl/N-ethyl adjacent to an activating group) is 1. The largest absolute Gasteiger partial charge is 0.313 e. The molecule has 4 heteroatoms. The average Bonchev–Trinajstić information content (AvgIpc) is 2.93. The molecule has 0 radical (unpaired) electrons. The molecule has 3 nitrogen and oxygen atoms in total. The highest BCUT2D eigenvalue weighted by Gasteiger charge is 2.13. The van der Waals surface area contributed by atoms with Crippen molar-refractivity contribution < 1.29 is 4.39 Å². The van der Waals surface area contributed by atoms with Crippen molar-refractivity contribution in [3.63, 3.8) is 0 Å². The van der Waals surface area contributed by atoms with E-state index in [0.717, 1.165) is 24.1 Å². The summed E-state index contributed by atoms with van der Waals surface area (Å²) in [6, 6.07) is 9.26. The number of hydrogen-bond acceptors (Lipinski definition) is 2. The molecular weight excluding hydrogens is 253 g/mol. The molecular formula is C16H22FN3. The molecule has 1 N–H and O–H groups in total. The van der Waals surface area contributed by atoms with Crippen molar-refractivity contribution in [2.75, 3.05) is 7.05 Å². The van der Waals surface area contributed by atoms with E-state index >= 15 is 0 Å². The number of benzene rings is 1. The van der Waals surface area contributed by atoms with Gasteiger partial charge in [-0.1, -0.05) is 19.1 Å². The Balaban J connectivity index is 2.10. The number of nitrogens with one attached hydrogen (secondary N) is 1. The summed E-state index contributed by atoms with van der Waals surface area (Å²) in [5.41, 5.74) is 2.13. The minimum absolute atomic E-state index is 0.149. The van der Waals surface area contributed by atoms with Crippen LogP contribution in [0.4, 0.5) is 4.39 Å². The van der Waals surface area contributed by atoms with Gasteiger partial charge in [0, 0.05) is 24.7 Å². The van der Waals surface area contributed by atoms with Crippen LogP contribution in [0, 0.1) is 5.82 Å². The fourth-order valence-corrected chi connectivity index (χ4v) is 2.21. The lowest BCUT2D eigenvalue weighted by Gasteiger charge is -2.15. The minimum atomic E-state index is -0.204. The molecule has 2 unspecified atom stereocenters. The first-order chi connectivity index (χ1) is 9.63. The molecule has 108 valence electrons. The number of hydrogen-bond donors (Lipinski definition) is 1. The van der Waals surface area contributed by atoms with Crippen LogP contribution in [0.3, 0.4) is 0 Å². The summed E-state index contributed by atoms with van der Waals surface area (Å²) in [5, 5.41) is 7.88. The number of rotatable bonds is 6. The molecule has 0 amide bonds. The molecule has 0 aliphatic rings. The van der Waals surface area contributed by atoms with Crippen molar-refractivity contribution in [1.82, 2.24) is 15.1 Å². The average molecular weight is 275 g/mol. The van der Waals surface area contributed by atoms with Gasteiger partial charge in [-0.15, -0.1) is 0 Å². The van der Waals surface area contributed by atoms with Crippen LogP contribution < -0.4 is 5.32 Å². The molecule has 0 aliphatic carbocycles. The van der Waals surface area contributed by atoms with Gasteiger partial charge in [0.05, 0.1) is 5.69 Å². The van der Waals surface area contributed by atoms with Crippen molar-refractivity contribution >= 4 is 0 Å². The fourth-order valence-electron chi connectivity index (χ4n) is 2.21. The normalized spacial score (nSPS) is 14.2. The van der Waals surface area contributed by atoms with Gasteiger partial charge in [-0.2, -0.15) is 5.10 Å². The molecule has 1 aromatic heterocycles. The SMILES string of the molecule is CCC(C)n1ccc(CC(NC)c2ccc(F)cc2)n1. The van der Waals surface area contributed by atoms with Crippen molar-refractivity contribution in [3.8, 4) is 0 Å². The Labute approximate surface area is 119 Å². The van der Waals surface area contributed by atoms with Crippen LogP contribution >= 0.6 is 0 Å². The van der Waals surface area contributed by atoms with E-state index in [1.165, 1.54) is 12.1 Å². The van der Waals surface area contributed by atoms with Crippen molar-refractivity contribution in [2.45, 2.75) is 38.8 Å². The van der Waals surface area contributed by atoms with Gasteiger partial charge in [-0.25, -0.2) is 4.39 Å². The number of nitrogens with zero attached hydrogens (tertiary/aromatic N) is 2. The topological polar surface area (TPSA) is 29.9 Å². The summed E-state index contributed by atoms with van der Waals surface area (Å²) < 4.78 is 15.0. The van der Waals surface area contributed by atoms with Gasteiger partial charge in [0.2, 0.25) is 0 Å². The van der Waals surface area contributed by atoms with Gasteiger partial charge in [0.15, 0.2) is 0 Å². The van der Waals surface area contributed by atoms with E-state index < -0.39 is 0 Å². The van der Waals surface area contributed by atoms with E-state index in [9.17, 15) is 4.39 Å². The molecule has 1 heterocycles. The second-order valence-corrected chi connectivity index (χ2v) is 5.14. The summed E-state index contributed by atoms with van der Waals surface area (Å²) in [6.45, 7) is 4.31. The van der Waals surface area contributed by atoms with Crippen LogP contribution in [-0.4, -0.2) is 16.8 Å². The Morgan fingerprint density at radius 2 is 1.95 bits per heavy atom. The van der Waals surface area contributed by atoms with Gasteiger partial charge >= 0.3 is 0 Å². The minimum Gasteiger partial charge on any atom is -0.313 e. The molecule has 2 atom stereocenters. The molecule has 1 aromatic carbocycles. The van der Waals surface area contributed by atoms with Crippen LogP contribution in [0.1, 0.15) is 43.6 Å². The van der Waals surface area contributed by atoms with Crippen LogP contribution in [0.25, 0.3) is 0 Å². The molecule has 2 rings (SSSR count). The third-order valence-electron chi connectivity index (χ3n) is 3.74. The van der Waals surface area contributed by atoms with Crippen LogP contribution in [-0.2, 0) is 6.42 Å². The molecule has 0 spiro atoms. The lowest BCUT2D eigenvalue weighted by Crippen LogP contribution is -2.19. The summed E-state index contributed by atoms with van der Waals surface area (Å²) in [5.74, 6) is -0.204. The molecule has 0 bridgehead atoms. The predicted octanol–water partition coefficient (Wildman–Crippen LogP) is 3.50. The second-order valence-electron chi connectivity index (χ2n) is 5.14. The van der Waals surface area contributed by atoms with E-state index in [-0.39, 0.29) is 11.9 Å². The summed E-state index contributed by atoms with van der Waals surface area (Å²) >= 11 is 0. The van der Waals surface area contributed by atoms with Crippen LogP contribution in [0.2, 0.25) is 0 Å². The number of halogens is 1. The van der Waals surface area contributed by atoms with Gasteiger partial charge in [-0.05, 0) is 44.2 Å². The molecule has 2 aromatic rings. The van der Waals surface area contributed by atoms with Crippen LogP contribution in [0.5, 0.6) is 0 Å². The lowest BCUT2D eigenvalue weighted by molar-refractivity contribution is 0.469. The van der Waals surface area contributed by atoms with E-state index in [2.05, 4.69) is 30.3 Å². The Hall–Kier alpha value is -1.68. The highest BCUT2D eigenvalue weighted by atomic mass is 19.1. The Kier molecular flexibility index (Phi) is 4.90. The monoisotopic (exact) mass is 275 g/mol. The van der Waals surface area contributed by atoms with E-state index in [0.29, 0.717) is 6.04 Å². The Morgan fingerprint density at radius 3 is 2.55 bits per heavy atom. The zero-order valence-corrected chi connectivity index (χ0v) is 12.3. The van der Waals surface area contributed by atoms with E-state index in [1.807, 2.05) is 30.1 Å². The van der Waals surface area contributed by atoms with Crippen molar-refractivity contribution in [1.29, 1.82) is 0 Å². The maximum absolute atomic E-state index is 13.0. The first-order valence-electron chi connectivity index (χ1n) is 7.10. The molecule has 0 aliphatic heterocycles. The summed E-state index contributed by atoms with van der Waals surface area (Å²) in [7, 11) is 1.92. The van der Waals surface area contributed by atoms with Crippen molar-refractivity contribution in [3.05, 3.63) is 53.6 Å². The summed E-state index contributed by atoms with van der Waals surface area (Å²) in [4.78, 5) is 0. The van der Waals surface area contributed by atoms with E-state index in [4.69, 9.17) is 0 Å². The van der Waals surface area contributed by atoms with Gasteiger partial charge in [0.25, 0.3) is 0 Å². The van der Waals surface area contributed by atoms with Crippen molar-refractivity contribution in [2.24, 2.45) is 0 Å². The summed E-state index contributed by atoms with van der Waals surface area (Å²) in [6.07, 6.45) is 3.89. The highest BCUT2D eigenvalue weighted by Crippen LogP contribution is 2.18. The zero-order valence-electron chi connectivity index (χ0n) is 12.3. The van der Waals surface area contributed by atoms with Crippen LogP contribution in [0.15, 0.2) is 36.5 Å². The lowest BCUT2D eigenvalue weighted by atomic mass is 10.0. The highest BCUT2D eigenvalue weighted by molar-refractivity contribution is 5.21. The first-order valence-corrected chi connectivity index (χ1v) is 7.10. The maximum Gasteiger partial charge on any atom is 0.123 e. The Bertz CT molecular complexity index is 533. The van der Waals surface area contributed by atoms with E-state index in [1.54, 1.807) is 0 Å². The standard InChI is InChI=1S/C16H22FN3/c1-4-12(2)20-10-9-15(19-20)11-16(18-3)13-5-7-14(17)8-6-13/h5-10,12,16,18H,4,11H2,1-3H3. The number of aromatic nitrogens is 2.